The van der Waals surface area contributed by atoms with Crippen LogP contribution in [-0.4, -0.2) is 46.9 Å². The molecule has 0 spiro atoms. The number of carbonyl (C=O) groups excluding carboxylic acids is 2. The minimum atomic E-state index is -0.787. The summed E-state index contributed by atoms with van der Waals surface area (Å²) in [4.78, 5) is 26.2. The van der Waals surface area contributed by atoms with Crippen molar-refractivity contribution in [1.29, 1.82) is 0 Å². The van der Waals surface area contributed by atoms with E-state index in [4.69, 9.17) is 4.74 Å². The maximum Gasteiger partial charge on any atom is 0.306 e. The Balaban J connectivity index is 4.55. The largest absolute Gasteiger partial charge is 0.462 e. The lowest BCUT2D eigenvalue weighted by molar-refractivity contribution is -0.151. The van der Waals surface area contributed by atoms with Crippen LogP contribution in [0.25, 0.3) is 0 Å². The predicted octanol–water partition coefficient (Wildman–Crippen LogP) is 16.8. The van der Waals surface area contributed by atoms with Gasteiger partial charge in [0.1, 0.15) is 6.10 Å². The average Bonchev–Trinajstić information content (AvgIpc) is 3.28. The highest BCUT2D eigenvalue weighted by Gasteiger charge is 2.24. The number of rotatable bonds is 50. The third-order valence-corrected chi connectivity index (χ3v) is 12.8. The molecule has 0 aromatic rings. The molecule has 3 unspecified atom stereocenters. The minimum Gasteiger partial charge on any atom is -0.462 e. The van der Waals surface area contributed by atoms with Crippen molar-refractivity contribution in [3.63, 3.8) is 0 Å². The monoisotopic (exact) mass is 886 g/mol. The number of esters is 1. The molecular weight excluding hydrogens is 779 g/mol. The Labute approximate surface area is 392 Å². The summed E-state index contributed by atoms with van der Waals surface area (Å²) in [6.07, 6.45) is 60.6. The third kappa shape index (κ3) is 46.4. The van der Waals surface area contributed by atoms with Gasteiger partial charge in [-0.1, -0.05) is 269 Å². The fraction of sp³-hybridized carbons (Fsp3) is 0.860. The number of allylic oxidation sites excluding steroid dienone is 6. The summed E-state index contributed by atoms with van der Waals surface area (Å²) in [5.74, 6) is -0.472. The van der Waals surface area contributed by atoms with E-state index >= 15 is 0 Å². The Morgan fingerprint density at radius 1 is 0.476 bits per heavy atom. The van der Waals surface area contributed by atoms with Crippen LogP contribution in [0, 0.1) is 0 Å². The quantitative estimate of drug-likeness (QED) is 0.0321. The number of hydrogen-bond donors (Lipinski definition) is 3. The van der Waals surface area contributed by atoms with Crippen LogP contribution in [0.15, 0.2) is 36.5 Å². The number of unbranched alkanes of at least 4 members (excludes halogenated alkanes) is 34. The topological polar surface area (TPSA) is 95.9 Å². The Morgan fingerprint density at radius 2 is 0.857 bits per heavy atom. The molecule has 0 heterocycles. The molecule has 0 rings (SSSR count). The lowest BCUT2D eigenvalue weighted by Gasteiger charge is -2.24. The molecule has 0 bridgehead atoms. The van der Waals surface area contributed by atoms with E-state index in [-0.39, 0.29) is 24.9 Å². The molecule has 0 aliphatic carbocycles. The number of hydrogen-bond acceptors (Lipinski definition) is 5. The molecule has 0 aliphatic heterocycles. The van der Waals surface area contributed by atoms with Gasteiger partial charge in [-0.3, -0.25) is 9.59 Å². The van der Waals surface area contributed by atoms with Gasteiger partial charge < -0.3 is 20.3 Å². The summed E-state index contributed by atoms with van der Waals surface area (Å²) in [6.45, 7) is 6.38. The first-order valence-electron chi connectivity index (χ1n) is 27.7. The van der Waals surface area contributed by atoms with Gasteiger partial charge in [0.05, 0.1) is 25.2 Å². The molecule has 0 saturated heterocycles. The number of amides is 1. The standard InChI is InChI=1S/C57H107NO5/c1-4-7-10-13-16-19-22-25-27-28-30-31-33-36-39-42-45-48-53(63-57(62)50-47-44-41-38-35-32-29-26-23-20-17-14-11-8-5-2)51-56(61)58-54(52-59)55(60)49-46-43-40-37-34-24-21-18-15-12-9-6-3/h8,11,14,17,20,23,53-55,59-60H,4-7,9-10,12-13,15-16,18-19,21-22,24-52H2,1-3H3,(H,58,61)/b11-8+,17-14+,23-20+. The van der Waals surface area contributed by atoms with Gasteiger partial charge in [-0.25, -0.2) is 0 Å². The maximum absolute atomic E-state index is 13.2. The first-order chi connectivity index (χ1) is 31.0. The number of ether oxygens (including phenoxy) is 1. The van der Waals surface area contributed by atoms with Crippen LogP contribution in [-0.2, 0) is 14.3 Å². The second-order valence-electron chi connectivity index (χ2n) is 19.0. The van der Waals surface area contributed by atoms with Gasteiger partial charge in [-0.2, -0.15) is 0 Å². The van der Waals surface area contributed by atoms with E-state index in [1.807, 2.05) is 0 Å². The number of aliphatic hydroxyl groups excluding tert-OH is 2. The summed E-state index contributed by atoms with van der Waals surface area (Å²) in [5.41, 5.74) is 0. The van der Waals surface area contributed by atoms with Crippen molar-refractivity contribution in [3.05, 3.63) is 36.5 Å². The zero-order valence-corrected chi connectivity index (χ0v) is 42.2. The summed E-state index contributed by atoms with van der Waals surface area (Å²) in [7, 11) is 0. The molecule has 0 radical (unpaired) electrons. The minimum absolute atomic E-state index is 0.0772. The van der Waals surface area contributed by atoms with E-state index in [9.17, 15) is 19.8 Å². The van der Waals surface area contributed by atoms with Crippen LogP contribution in [0.3, 0.4) is 0 Å². The lowest BCUT2D eigenvalue weighted by Crippen LogP contribution is -2.46. The van der Waals surface area contributed by atoms with Gasteiger partial charge in [-0.05, 0) is 44.9 Å². The zero-order chi connectivity index (χ0) is 45.9. The zero-order valence-electron chi connectivity index (χ0n) is 42.2. The summed E-state index contributed by atoms with van der Waals surface area (Å²) in [6, 6.07) is -0.700. The number of aliphatic hydroxyl groups is 2. The van der Waals surface area contributed by atoms with Crippen molar-refractivity contribution >= 4 is 11.9 Å². The van der Waals surface area contributed by atoms with Crippen molar-refractivity contribution < 1.29 is 24.5 Å². The molecule has 0 aromatic carbocycles. The third-order valence-electron chi connectivity index (χ3n) is 12.8. The van der Waals surface area contributed by atoms with Crippen molar-refractivity contribution in [2.75, 3.05) is 6.61 Å². The Morgan fingerprint density at radius 3 is 1.29 bits per heavy atom. The molecule has 0 aliphatic rings. The van der Waals surface area contributed by atoms with E-state index < -0.39 is 18.2 Å². The maximum atomic E-state index is 13.2. The van der Waals surface area contributed by atoms with Crippen molar-refractivity contribution in [2.24, 2.45) is 0 Å². The summed E-state index contributed by atoms with van der Waals surface area (Å²) < 4.78 is 5.95. The van der Waals surface area contributed by atoms with Gasteiger partial charge in [0, 0.05) is 6.42 Å². The molecule has 370 valence electrons. The number of carbonyl (C=O) groups is 2. The molecule has 3 atom stereocenters. The van der Waals surface area contributed by atoms with Crippen molar-refractivity contribution in [2.45, 2.75) is 309 Å². The fourth-order valence-electron chi connectivity index (χ4n) is 8.61. The highest BCUT2D eigenvalue weighted by atomic mass is 16.5. The van der Waals surface area contributed by atoms with E-state index in [1.165, 1.54) is 186 Å². The first kappa shape index (κ1) is 61.1. The Hall–Kier alpha value is -1.92. The van der Waals surface area contributed by atoms with Gasteiger partial charge in [-0.15, -0.1) is 0 Å². The second kappa shape index (κ2) is 51.1. The molecule has 1 amide bonds. The number of nitrogens with one attached hydrogen (secondary N) is 1. The fourth-order valence-corrected chi connectivity index (χ4v) is 8.61. The van der Waals surface area contributed by atoms with Crippen LogP contribution < -0.4 is 5.32 Å². The molecule has 0 saturated carbocycles. The molecule has 0 aromatic heterocycles. The van der Waals surface area contributed by atoms with Crippen LogP contribution in [0.5, 0.6) is 0 Å². The van der Waals surface area contributed by atoms with Crippen molar-refractivity contribution in [3.8, 4) is 0 Å². The van der Waals surface area contributed by atoms with Crippen LogP contribution in [0.1, 0.15) is 290 Å². The molecule has 6 nitrogen and oxygen atoms in total. The average molecular weight is 886 g/mol. The van der Waals surface area contributed by atoms with E-state index in [1.54, 1.807) is 0 Å². The smallest absolute Gasteiger partial charge is 0.306 e. The molecular formula is C57H107NO5. The van der Waals surface area contributed by atoms with E-state index in [0.717, 1.165) is 57.8 Å². The molecule has 63 heavy (non-hydrogen) atoms. The highest BCUT2D eigenvalue weighted by Crippen LogP contribution is 2.19. The molecule has 3 N–H and O–H groups in total. The Bertz CT molecular complexity index is 1040. The van der Waals surface area contributed by atoms with Crippen LogP contribution in [0.2, 0.25) is 0 Å². The highest BCUT2D eigenvalue weighted by molar-refractivity contribution is 5.77. The van der Waals surface area contributed by atoms with Crippen molar-refractivity contribution in [1.82, 2.24) is 5.32 Å². The van der Waals surface area contributed by atoms with Gasteiger partial charge in [0.2, 0.25) is 5.91 Å². The normalized spacial score (nSPS) is 13.4. The van der Waals surface area contributed by atoms with E-state index in [2.05, 4.69) is 62.5 Å². The molecule has 6 heteroatoms. The predicted molar refractivity (Wildman–Crippen MR) is 273 cm³/mol. The lowest BCUT2D eigenvalue weighted by atomic mass is 10.0. The van der Waals surface area contributed by atoms with Crippen LogP contribution >= 0.6 is 0 Å². The van der Waals surface area contributed by atoms with Gasteiger partial charge in [0.15, 0.2) is 0 Å². The second-order valence-corrected chi connectivity index (χ2v) is 19.0. The van der Waals surface area contributed by atoms with Gasteiger partial charge >= 0.3 is 5.97 Å². The first-order valence-corrected chi connectivity index (χ1v) is 27.7. The Kier molecular flexibility index (Phi) is 49.5. The summed E-state index contributed by atoms with van der Waals surface area (Å²) >= 11 is 0. The van der Waals surface area contributed by atoms with E-state index in [0.29, 0.717) is 19.3 Å². The SMILES string of the molecule is CC/C=C/C=C/C=C/CCCCCCCCCC(=O)OC(CCCCCCCCCCCCCCCCCCC)CC(=O)NC(CO)C(O)CCCCCCCCCCCCCC. The summed E-state index contributed by atoms with van der Waals surface area (Å²) in [5, 5.41) is 23.8. The molecule has 0 fully saturated rings. The van der Waals surface area contributed by atoms with Gasteiger partial charge in [0.25, 0.3) is 0 Å². The van der Waals surface area contributed by atoms with Crippen LogP contribution in [0.4, 0.5) is 0 Å².